The molecule has 0 aliphatic carbocycles. The Balaban J connectivity index is 2.37. The zero-order valence-corrected chi connectivity index (χ0v) is 6.07. The maximum absolute atomic E-state index is 10.8. The smallest absolute Gasteiger partial charge is 0.290 e. The molecule has 1 amide bonds. The van der Waals surface area contributed by atoms with Gasteiger partial charge >= 0.3 is 0 Å². The van der Waals surface area contributed by atoms with Crippen molar-refractivity contribution in [2.75, 3.05) is 20.6 Å². The topological polar surface area (TPSA) is 41.9 Å². The monoisotopic (exact) mass is 142 g/mol. The van der Waals surface area contributed by atoms with E-state index in [1.165, 1.54) is 6.40 Å². The number of likely N-dealkylation sites (N-methyl/N-ethyl adjacent to an activating group) is 1. The van der Waals surface area contributed by atoms with Crippen LogP contribution in [-0.2, 0) is 9.53 Å². The molecule has 0 aromatic carbocycles. The number of carbonyl (C=O) groups is 1. The third kappa shape index (κ3) is 1.54. The molecule has 56 valence electrons. The largest absolute Gasteiger partial charge is 0.469 e. The van der Waals surface area contributed by atoms with Gasteiger partial charge in [0, 0.05) is 6.54 Å². The molecule has 1 unspecified atom stereocenters. The van der Waals surface area contributed by atoms with Gasteiger partial charge in [0.05, 0.1) is 0 Å². The predicted molar refractivity (Wildman–Crippen MR) is 36.9 cm³/mol. The van der Waals surface area contributed by atoms with E-state index >= 15 is 0 Å². The first-order chi connectivity index (χ1) is 4.70. The van der Waals surface area contributed by atoms with Crippen LogP contribution in [-0.4, -0.2) is 44.0 Å². The first-order valence-electron chi connectivity index (χ1n) is 3.06. The summed E-state index contributed by atoms with van der Waals surface area (Å²) < 4.78 is 4.89. The summed E-state index contributed by atoms with van der Waals surface area (Å²) in [5, 5.41) is 0. The minimum atomic E-state index is -0.380. The third-order valence-corrected chi connectivity index (χ3v) is 1.21. The van der Waals surface area contributed by atoms with Crippen molar-refractivity contribution in [3.8, 4) is 0 Å². The summed E-state index contributed by atoms with van der Waals surface area (Å²) in [5.41, 5.74) is 0. The molecule has 0 aromatic rings. The van der Waals surface area contributed by atoms with E-state index in [0.29, 0.717) is 6.54 Å². The molecule has 0 bridgehead atoms. The van der Waals surface area contributed by atoms with Crippen LogP contribution in [0.3, 0.4) is 0 Å². The van der Waals surface area contributed by atoms with Crippen LogP contribution < -0.4 is 0 Å². The van der Waals surface area contributed by atoms with Gasteiger partial charge in [-0.2, -0.15) is 4.99 Å². The van der Waals surface area contributed by atoms with E-state index in [2.05, 4.69) is 4.99 Å². The lowest BCUT2D eigenvalue weighted by molar-refractivity contribution is -0.123. The first-order valence-corrected chi connectivity index (χ1v) is 3.06. The Morgan fingerprint density at radius 1 is 1.80 bits per heavy atom. The standard InChI is InChI=1S/C6H10N2O2/c1-8(2)3-5-6(9)7-4-10-5/h4-5H,3H2,1-2H3. The molecule has 1 aliphatic rings. The van der Waals surface area contributed by atoms with Crippen LogP contribution in [0, 0.1) is 0 Å². The van der Waals surface area contributed by atoms with E-state index < -0.39 is 0 Å². The fraction of sp³-hybridized carbons (Fsp3) is 0.667. The Bertz CT molecular complexity index is 165. The van der Waals surface area contributed by atoms with Crippen LogP contribution in [0.15, 0.2) is 4.99 Å². The van der Waals surface area contributed by atoms with Crippen LogP contribution in [0.5, 0.6) is 0 Å². The summed E-state index contributed by atoms with van der Waals surface area (Å²) in [7, 11) is 3.77. The molecular formula is C6H10N2O2. The lowest BCUT2D eigenvalue weighted by Crippen LogP contribution is -2.30. The Hall–Kier alpha value is -0.900. The SMILES string of the molecule is CN(C)CC1OC=NC1=O. The molecule has 4 heteroatoms. The van der Waals surface area contributed by atoms with E-state index in [-0.39, 0.29) is 12.0 Å². The summed E-state index contributed by atoms with van der Waals surface area (Å²) >= 11 is 0. The van der Waals surface area contributed by atoms with E-state index in [4.69, 9.17) is 4.74 Å². The number of carbonyl (C=O) groups excluding carboxylic acids is 1. The van der Waals surface area contributed by atoms with Crippen LogP contribution in [0.1, 0.15) is 0 Å². The first kappa shape index (κ1) is 7.21. The maximum atomic E-state index is 10.8. The second-order valence-corrected chi connectivity index (χ2v) is 2.46. The molecule has 1 rings (SSSR count). The highest BCUT2D eigenvalue weighted by atomic mass is 16.5. The molecule has 0 N–H and O–H groups in total. The maximum Gasteiger partial charge on any atom is 0.290 e. The number of aliphatic imine (C=N–C) groups is 1. The van der Waals surface area contributed by atoms with Gasteiger partial charge in [-0.15, -0.1) is 0 Å². The van der Waals surface area contributed by atoms with Gasteiger partial charge in [0.2, 0.25) is 0 Å². The number of amides is 1. The van der Waals surface area contributed by atoms with Gasteiger partial charge in [0.1, 0.15) is 0 Å². The van der Waals surface area contributed by atoms with Crippen LogP contribution >= 0.6 is 0 Å². The molecule has 0 spiro atoms. The summed E-state index contributed by atoms with van der Waals surface area (Å²) in [6.45, 7) is 0.596. The number of ether oxygens (including phenoxy) is 1. The van der Waals surface area contributed by atoms with Gasteiger partial charge in [0.25, 0.3) is 5.91 Å². The molecule has 0 saturated heterocycles. The summed E-state index contributed by atoms with van der Waals surface area (Å²) in [6.07, 6.45) is 0.825. The highest BCUT2D eigenvalue weighted by Crippen LogP contribution is 2.01. The molecule has 0 aromatic heterocycles. The average molecular weight is 142 g/mol. The van der Waals surface area contributed by atoms with Crippen LogP contribution in [0.4, 0.5) is 0 Å². The summed E-state index contributed by atoms with van der Waals surface area (Å²) in [4.78, 5) is 16.1. The Labute approximate surface area is 59.5 Å². The minimum absolute atomic E-state index is 0.186. The van der Waals surface area contributed by atoms with Gasteiger partial charge in [0.15, 0.2) is 12.5 Å². The molecule has 10 heavy (non-hydrogen) atoms. The quantitative estimate of drug-likeness (QED) is 0.522. The highest BCUT2D eigenvalue weighted by molar-refractivity contribution is 5.91. The van der Waals surface area contributed by atoms with Crippen LogP contribution in [0.2, 0.25) is 0 Å². The molecule has 1 atom stereocenters. The zero-order valence-electron chi connectivity index (χ0n) is 6.07. The van der Waals surface area contributed by atoms with E-state index in [9.17, 15) is 4.79 Å². The van der Waals surface area contributed by atoms with E-state index in [1.807, 2.05) is 19.0 Å². The molecule has 1 aliphatic heterocycles. The normalized spacial score (nSPS) is 23.9. The second kappa shape index (κ2) is 2.79. The lowest BCUT2D eigenvalue weighted by atomic mass is 10.3. The Morgan fingerprint density at radius 2 is 2.50 bits per heavy atom. The van der Waals surface area contributed by atoms with Gasteiger partial charge < -0.3 is 9.64 Å². The molecule has 0 radical (unpaired) electrons. The molecule has 1 heterocycles. The average Bonchev–Trinajstić information content (AvgIpc) is 2.15. The van der Waals surface area contributed by atoms with E-state index in [1.54, 1.807) is 0 Å². The van der Waals surface area contributed by atoms with Gasteiger partial charge in [-0.1, -0.05) is 0 Å². The molecular weight excluding hydrogens is 132 g/mol. The van der Waals surface area contributed by atoms with Crippen molar-refractivity contribution < 1.29 is 9.53 Å². The van der Waals surface area contributed by atoms with Gasteiger partial charge in [-0.3, -0.25) is 4.79 Å². The number of nitrogens with zero attached hydrogens (tertiary/aromatic N) is 2. The highest BCUT2D eigenvalue weighted by Gasteiger charge is 2.23. The van der Waals surface area contributed by atoms with Crippen molar-refractivity contribution in [2.24, 2.45) is 4.99 Å². The molecule has 0 fully saturated rings. The minimum Gasteiger partial charge on any atom is -0.469 e. The summed E-state index contributed by atoms with van der Waals surface area (Å²) in [5.74, 6) is -0.186. The van der Waals surface area contributed by atoms with Crippen LogP contribution in [0.25, 0.3) is 0 Å². The van der Waals surface area contributed by atoms with Crippen molar-refractivity contribution >= 4 is 12.3 Å². The molecule has 0 saturated carbocycles. The van der Waals surface area contributed by atoms with Crippen molar-refractivity contribution in [1.29, 1.82) is 0 Å². The zero-order chi connectivity index (χ0) is 7.56. The van der Waals surface area contributed by atoms with Gasteiger partial charge in [-0.25, -0.2) is 0 Å². The lowest BCUT2D eigenvalue weighted by Gasteiger charge is -2.12. The van der Waals surface area contributed by atoms with Crippen molar-refractivity contribution in [2.45, 2.75) is 6.10 Å². The van der Waals surface area contributed by atoms with Crippen molar-refractivity contribution in [1.82, 2.24) is 4.90 Å². The predicted octanol–water partition coefficient (Wildman–Crippen LogP) is -0.498. The Morgan fingerprint density at radius 3 is 2.90 bits per heavy atom. The number of hydrogen-bond donors (Lipinski definition) is 0. The number of rotatable bonds is 2. The fourth-order valence-corrected chi connectivity index (χ4v) is 0.750. The summed E-state index contributed by atoms with van der Waals surface area (Å²) in [6, 6.07) is 0. The Kier molecular flexibility index (Phi) is 2.01. The van der Waals surface area contributed by atoms with E-state index in [0.717, 1.165) is 0 Å². The van der Waals surface area contributed by atoms with Crippen molar-refractivity contribution in [3.63, 3.8) is 0 Å². The van der Waals surface area contributed by atoms with Gasteiger partial charge in [-0.05, 0) is 14.1 Å². The fourth-order valence-electron chi connectivity index (χ4n) is 0.750. The molecule has 4 nitrogen and oxygen atoms in total. The second-order valence-electron chi connectivity index (χ2n) is 2.46. The number of hydrogen-bond acceptors (Lipinski definition) is 3. The third-order valence-electron chi connectivity index (χ3n) is 1.21. The van der Waals surface area contributed by atoms with Crippen molar-refractivity contribution in [3.05, 3.63) is 0 Å².